The SMILES string of the molecule is CC/C=C\C/C=C\C/C=C\C/C=C\C/C=C\CCCCCCCCCCCC(=O)OCC(COC(=O)CCCCCCCCCCC)OC(=O)CCCCCCCCCCCCC/C=C\CCCCCCCCCC. The Labute approximate surface area is 465 Å². The Balaban J connectivity index is 4.21. The van der Waals surface area contributed by atoms with Crippen molar-refractivity contribution in [3.05, 3.63) is 72.9 Å². The zero-order valence-electron chi connectivity index (χ0n) is 49.8. The van der Waals surface area contributed by atoms with Gasteiger partial charge < -0.3 is 14.2 Å². The Kier molecular flexibility index (Phi) is 60.7. The highest BCUT2D eigenvalue weighted by Gasteiger charge is 2.19. The molecule has 0 heterocycles. The molecule has 0 aliphatic rings. The topological polar surface area (TPSA) is 78.9 Å². The quantitative estimate of drug-likeness (QED) is 0.0261. The number of ether oxygens (including phenoxy) is 3. The largest absolute Gasteiger partial charge is 0.462 e. The van der Waals surface area contributed by atoms with Gasteiger partial charge in [-0.15, -0.1) is 0 Å². The van der Waals surface area contributed by atoms with Crippen molar-refractivity contribution in [3.63, 3.8) is 0 Å². The molecule has 434 valence electrons. The maximum Gasteiger partial charge on any atom is 0.306 e. The minimum Gasteiger partial charge on any atom is -0.462 e. The smallest absolute Gasteiger partial charge is 0.306 e. The van der Waals surface area contributed by atoms with E-state index in [4.69, 9.17) is 14.2 Å². The standard InChI is InChI=1S/C69H122O6/c1-4-7-10-13-16-19-21-23-25-27-29-31-33-34-36-37-39-41-43-45-47-50-53-56-59-62-68(71)74-65-66(64-73-67(70)61-58-55-52-49-18-15-12-9-6-3)75-69(72)63-60-57-54-51-48-46-44-42-40-38-35-32-30-28-26-24-22-20-17-14-11-8-5-2/h7,10,16,19,23,25,28-31,34,36,66H,4-6,8-9,11-15,17-18,20-22,24,26-27,32-33,35,37-65H2,1-3H3/b10-7-,19-16-,25-23-,30-28-,31-29-,36-34-. The summed E-state index contributed by atoms with van der Waals surface area (Å²) in [6.07, 6.45) is 82.1. The van der Waals surface area contributed by atoms with Crippen molar-refractivity contribution in [1.29, 1.82) is 0 Å². The number of hydrogen-bond acceptors (Lipinski definition) is 6. The first kappa shape index (κ1) is 71.8. The first-order chi connectivity index (χ1) is 37.0. The lowest BCUT2D eigenvalue weighted by Gasteiger charge is -2.18. The molecule has 0 aromatic carbocycles. The molecule has 0 saturated carbocycles. The van der Waals surface area contributed by atoms with Crippen LogP contribution in [0.5, 0.6) is 0 Å². The molecule has 0 rings (SSSR count). The van der Waals surface area contributed by atoms with Gasteiger partial charge in [-0.05, 0) is 89.9 Å². The third kappa shape index (κ3) is 61.6. The van der Waals surface area contributed by atoms with E-state index in [9.17, 15) is 14.4 Å². The predicted molar refractivity (Wildman–Crippen MR) is 325 cm³/mol. The second-order valence-electron chi connectivity index (χ2n) is 21.6. The molecule has 0 aliphatic carbocycles. The van der Waals surface area contributed by atoms with Gasteiger partial charge in [-0.1, -0.05) is 293 Å². The van der Waals surface area contributed by atoms with E-state index in [-0.39, 0.29) is 31.1 Å². The van der Waals surface area contributed by atoms with E-state index < -0.39 is 6.10 Å². The van der Waals surface area contributed by atoms with Crippen LogP contribution in [-0.4, -0.2) is 37.2 Å². The molecule has 0 aromatic heterocycles. The molecule has 0 aliphatic heterocycles. The highest BCUT2D eigenvalue weighted by Crippen LogP contribution is 2.17. The lowest BCUT2D eigenvalue weighted by Crippen LogP contribution is -2.30. The van der Waals surface area contributed by atoms with E-state index in [1.165, 1.54) is 193 Å². The minimum absolute atomic E-state index is 0.0743. The molecule has 0 fully saturated rings. The van der Waals surface area contributed by atoms with Gasteiger partial charge in [0.1, 0.15) is 13.2 Å². The van der Waals surface area contributed by atoms with Gasteiger partial charge in [0, 0.05) is 19.3 Å². The lowest BCUT2D eigenvalue weighted by molar-refractivity contribution is -0.167. The number of rotatable bonds is 59. The fourth-order valence-electron chi connectivity index (χ4n) is 9.35. The minimum atomic E-state index is -0.776. The number of hydrogen-bond donors (Lipinski definition) is 0. The van der Waals surface area contributed by atoms with Gasteiger partial charge >= 0.3 is 17.9 Å². The Morgan fingerprint density at radius 3 is 0.827 bits per heavy atom. The number of carbonyl (C=O) groups excluding carboxylic acids is 3. The summed E-state index contributed by atoms with van der Waals surface area (Å²) < 4.78 is 16.9. The molecular formula is C69H122O6. The average molecular weight is 1050 g/mol. The van der Waals surface area contributed by atoms with Crippen LogP contribution >= 0.6 is 0 Å². The zero-order chi connectivity index (χ0) is 54.3. The molecule has 6 heteroatoms. The summed E-state index contributed by atoms with van der Waals surface area (Å²) >= 11 is 0. The fourth-order valence-corrected chi connectivity index (χ4v) is 9.35. The molecule has 6 nitrogen and oxygen atoms in total. The molecule has 1 atom stereocenters. The van der Waals surface area contributed by atoms with Crippen molar-refractivity contribution in [2.24, 2.45) is 0 Å². The summed E-state index contributed by atoms with van der Waals surface area (Å²) in [6, 6.07) is 0. The van der Waals surface area contributed by atoms with Crippen molar-refractivity contribution in [1.82, 2.24) is 0 Å². The molecule has 0 aromatic rings. The molecule has 0 bridgehead atoms. The van der Waals surface area contributed by atoms with Crippen LogP contribution in [0.15, 0.2) is 72.9 Å². The Hall–Kier alpha value is -3.15. The Bertz CT molecular complexity index is 1390. The molecule has 0 radical (unpaired) electrons. The summed E-state index contributed by atoms with van der Waals surface area (Å²) in [5, 5.41) is 0. The highest BCUT2D eigenvalue weighted by molar-refractivity contribution is 5.71. The Morgan fingerprint density at radius 2 is 0.520 bits per heavy atom. The maximum atomic E-state index is 12.9. The van der Waals surface area contributed by atoms with Gasteiger partial charge in [-0.3, -0.25) is 14.4 Å². The first-order valence-corrected chi connectivity index (χ1v) is 32.4. The number of esters is 3. The van der Waals surface area contributed by atoms with Crippen LogP contribution in [0, 0.1) is 0 Å². The Morgan fingerprint density at radius 1 is 0.280 bits per heavy atom. The number of unbranched alkanes of at least 4 members (excludes halogenated alkanes) is 36. The van der Waals surface area contributed by atoms with E-state index >= 15 is 0 Å². The van der Waals surface area contributed by atoms with Gasteiger partial charge in [0.15, 0.2) is 6.10 Å². The lowest BCUT2D eigenvalue weighted by atomic mass is 10.0. The molecule has 0 saturated heterocycles. The number of carbonyl (C=O) groups is 3. The van der Waals surface area contributed by atoms with Gasteiger partial charge in [0.05, 0.1) is 0 Å². The van der Waals surface area contributed by atoms with Crippen LogP contribution in [0.25, 0.3) is 0 Å². The summed E-state index contributed by atoms with van der Waals surface area (Å²) in [5.41, 5.74) is 0. The van der Waals surface area contributed by atoms with Crippen molar-refractivity contribution in [2.75, 3.05) is 13.2 Å². The van der Waals surface area contributed by atoms with Crippen LogP contribution in [0.4, 0.5) is 0 Å². The van der Waals surface area contributed by atoms with E-state index in [2.05, 4.69) is 93.7 Å². The second-order valence-corrected chi connectivity index (χ2v) is 21.6. The van der Waals surface area contributed by atoms with Gasteiger partial charge in [0.25, 0.3) is 0 Å². The van der Waals surface area contributed by atoms with Crippen LogP contribution in [0.1, 0.15) is 329 Å². The molecular weight excluding hydrogens is 925 g/mol. The normalized spacial score (nSPS) is 12.5. The predicted octanol–water partition coefficient (Wildman–Crippen LogP) is 22.1. The zero-order valence-corrected chi connectivity index (χ0v) is 49.8. The maximum absolute atomic E-state index is 12.9. The van der Waals surface area contributed by atoms with E-state index in [0.717, 1.165) is 96.3 Å². The monoisotopic (exact) mass is 1050 g/mol. The van der Waals surface area contributed by atoms with Crippen molar-refractivity contribution in [3.8, 4) is 0 Å². The number of allylic oxidation sites excluding steroid dienone is 12. The summed E-state index contributed by atoms with van der Waals surface area (Å²) in [7, 11) is 0. The van der Waals surface area contributed by atoms with Crippen molar-refractivity contribution in [2.45, 2.75) is 335 Å². The van der Waals surface area contributed by atoms with Crippen molar-refractivity contribution >= 4 is 17.9 Å². The molecule has 75 heavy (non-hydrogen) atoms. The van der Waals surface area contributed by atoms with Crippen LogP contribution in [0.2, 0.25) is 0 Å². The third-order valence-corrected chi connectivity index (χ3v) is 14.2. The van der Waals surface area contributed by atoms with Crippen LogP contribution in [-0.2, 0) is 28.6 Å². The van der Waals surface area contributed by atoms with E-state index in [1.807, 2.05) is 0 Å². The van der Waals surface area contributed by atoms with Crippen molar-refractivity contribution < 1.29 is 28.6 Å². The van der Waals surface area contributed by atoms with Gasteiger partial charge in [0.2, 0.25) is 0 Å². The van der Waals surface area contributed by atoms with Gasteiger partial charge in [-0.25, -0.2) is 0 Å². The molecule has 0 spiro atoms. The average Bonchev–Trinajstić information content (AvgIpc) is 3.41. The van der Waals surface area contributed by atoms with E-state index in [1.54, 1.807) is 0 Å². The summed E-state index contributed by atoms with van der Waals surface area (Å²) in [4.78, 5) is 38.2. The van der Waals surface area contributed by atoms with Crippen LogP contribution < -0.4 is 0 Å². The van der Waals surface area contributed by atoms with Crippen LogP contribution in [0.3, 0.4) is 0 Å². The highest BCUT2D eigenvalue weighted by atomic mass is 16.6. The molecule has 0 amide bonds. The fraction of sp³-hybridized carbons (Fsp3) is 0.783. The third-order valence-electron chi connectivity index (χ3n) is 14.2. The van der Waals surface area contributed by atoms with E-state index in [0.29, 0.717) is 19.3 Å². The summed E-state index contributed by atoms with van der Waals surface area (Å²) in [5.74, 6) is -0.869. The first-order valence-electron chi connectivity index (χ1n) is 32.4. The van der Waals surface area contributed by atoms with Gasteiger partial charge in [-0.2, -0.15) is 0 Å². The molecule has 1 unspecified atom stereocenters. The summed E-state index contributed by atoms with van der Waals surface area (Å²) in [6.45, 7) is 6.54. The molecule has 0 N–H and O–H groups in total. The second kappa shape index (κ2) is 63.4.